The molecule has 0 bridgehead atoms. The molecule has 1 saturated carbocycles. The van der Waals surface area contributed by atoms with Crippen LogP contribution in [0.1, 0.15) is 23.2 Å². The molecule has 0 aromatic heterocycles. The zero-order valence-corrected chi connectivity index (χ0v) is 7.75. The van der Waals surface area contributed by atoms with Gasteiger partial charge < -0.3 is 4.74 Å². The summed E-state index contributed by atoms with van der Waals surface area (Å²) >= 11 is 5.29. The average Bonchev–Trinajstić information content (AvgIpc) is 2.89. The van der Waals surface area contributed by atoms with Gasteiger partial charge in [-0.2, -0.15) is 0 Å². The van der Waals surface area contributed by atoms with Gasteiger partial charge in [0.05, 0.1) is 6.10 Å². The fraction of sp³-hybridized carbons (Fsp3) is 0.300. The molecule has 0 radical (unpaired) electrons. The monoisotopic (exact) mass is 196 g/mol. The Labute approximate surface area is 81.5 Å². The lowest BCUT2D eigenvalue weighted by atomic mass is 10.2. The third-order valence-electron chi connectivity index (χ3n) is 1.91. The molecular formula is C10H9ClO2. The molecular weight excluding hydrogens is 188 g/mol. The maximum Gasteiger partial charge on any atom is 0.252 e. The van der Waals surface area contributed by atoms with Crippen molar-refractivity contribution in [3.05, 3.63) is 29.8 Å². The summed E-state index contributed by atoms with van der Waals surface area (Å²) in [6.07, 6.45) is 2.66. The highest BCUT2D eigenvalue weighted by Crippen LogP contribution is 2.26. The molecule has 1 aliphatic rings. The van der Waals surface area contributed by atoms with Crippen LogP contribution < -0.4 is 4.74 Å². The second-order valence-electron chi connectivity index (χ2n) is 3.12. The van der Waals surface area contributed by atoms with Crippen LogP contribution in [0.4, 0.5) is 0 Å². The first kappa shape index (κ1) is 8.57. The first-order valence-corrected chi connectivity index (χ1v) is 4.60. The predicted molar refractivity (Wildman–Crippen MR) is 50.3 cm³/mol. The standard InChI is InChI=1S/C10H9ClO2/c11-10(12)7-1-3-8(4-2-7)13-9-5-6-9/h1-4,9H,5-6H2. The highest BCUT2D eigenvalue weighted by atomic mass is 35.5. The van der Waals surface area contributed by atoms with Crippen molar-refractivity contribution in [3.63, 3.8) is 0 Å². The maximum atomic E-state index is 10.7. The molecule has 2 nitrogen and oxygen atoms in total. The van der Waals surface area contributed by atoms with E-state index < -0.39 is 5.24 Å². The molecule has 0 amide bonds. The maximum absolute atomic E-state index is 10.7. The molecule has 0 saturated heterocycles. The summed E-state index contributed by atoms with van der Waals surface area (Å²) < 4.78 is 5.51. The molecule has 68 valence electrons. The van der Waals surface area contributed by atoms with Crippen LogP contribution in [0, 0.1) is 0 Å². The lowest BCUT2D eigenvalue weighted by Crippen LogP contribution is -1.96. The fourth-order valence-electron chi connectivity index (χ4n) is 1.04. The van der Waals surface area contributed by atoms with E-state index in [0.29, 0.717) is 11.7 Å². The van der Waals surface area contributed by atoms with Gasteiger partial charge in [0.1, 0.15) is 5.75 Å². The third kappa shape index (κ3) is 2.22. The van der Waals surface area contributed by atoms with Crippen LogP contribution in [0.15, 0.2) is 24.3 Å². The minimum absolute atomic E-state index is 0.387. The zero-order valence-electron chi connectivity index (χ0n) is 7.00. The van der Waals surface area contributed by atoms with Crippen LogP contribution in [-0.4, -0.2) is 11.3 Å². The van der Waals surface area contributed by atoms with Gasteiger partial charge in [-0.3, -0.25) is 4.79 Å². The van der Waals surface area contributed by atoms with E-state index in [0.717, 1.165) is 18.6 Å². The van der Waals surface area contributed by atoms with Gasteiger partial charge in [0.25, 0.3) is 5.24 Å². The summed E-state index contributed by atoms with van der Waals surface area (Å²) in [5, 5.41) is -0.432. The van der Waals surface area contributed by atoms with Crippen LogP contribution in [0.5, 0.6) is 5.75 Å². The van der Waals surface area contributed by atoms with E-state index in [4.69, 9.17) is 16.3 Å². The minimum Gasteiger partial charge on any atom is -0.490 e. The average molecular weight is 197 g/mol. The molecule has 0 aliphatic heterocycles. The van der Waals surface area contributed by atoms with Crippen molar-refractivity contribution in [3.8, 4) is 5.75 Å². The Morgan fingerprint density at radius 2 is 1.92 bits per heavy atom. The van der Waals surface area contributed by atoms with Crippen molar-refractivity contribution in [1.29, 1.82) is 0 Å². The molecule has 0 atom stereocenters. The van der Waals surface area contributed by atoms with Gasteiger partial charge in [-0.25, -0.2) is 0 Å². The van der Waals surface area contributed by atoms with Crippen molar-refractivity contribution in [1.82, 2.24) is 0 Å². The highest BCUT2D eigenvalue weighted by molar-refractivity contribution is 6.67. The van der Waals surface area contributed by atoms with Gasteiger partial charge in [0, 0.05) is 5.56 Å². The predicted octanol–water partition coefficient (Wildman–Crippen LogP) is 2.61. The number of carbonyl (C=O) groups is 1. The summed E-state index contributed by atoms with van der Waals surface area (Å²) in [6.45, 7) is 0. The Morgan fingerprint density at radius 3 is 2.38 bits per heavy atom. The topological polar surface area (TPSA) is 26.3 Å². The van der Waals surface area contributed by atoms with E-state index in [1.165, 1.54) is 0 Å². The highest BCUT2D eigenvalue weighted by Gasteiger charge is 2.23. The van der Waals surface area contributed by atoms with Gasteiger partial charge in [-0.1, -0.05) is 0 Å². The molecule has 1 aromatic carbocycles. The van der Waals surface area contributed by atoms with E-state index in [2.05, 4.69) is 0 Å². The number of benzene rings is 1. The molecule has 0 unspecified atom stereocenters. The Balaban J connectivity index is 2.08. The normalized spacial score (nSPS) is 15.5. The number of hydrogen-bond donors (Lipinski definition) is 0. The van der Waals surface area contributed by atoms with Crippen molar-refractivity contribution >= 4 is 16.8 Å². The first-order valence-electron chi connectivity index (χ1n) is 4.22. The van der Waals surface area contributed by atoms with Crippen molar-refractivity contribution < 1.29 is 9.53 Å². The Kier molecular flexibility index (Phi) is 2.23. The van der Waals surface area contributed by atoms with Gasteiger partial charge in [-0.15, -0.1) is 0 Å². The van der Waals surface area contributed by atoms with E-state index >= 15 is 0 Å². The summed E-state index contributed by atoms with van der Waals surface area (Å²) in [5.41, 5.74) is 0.504. The number of halogens is 1. The van der Waals surface area contributed by atoms with Gasteiger partial charge in [0.2, 0.25) is 0 Å². The molecule has 1 aliphatic carbocycles. The molecule has 1 aromatic rings. The lowest BCUT2D eigenvalue weighted by molar-refractivity contribution is 0.108. The summed E-state index contributed by atoms with van der Waals surface area (Å²) in [6, 6.07) is 6.89. The molecule has 0 spiro atoms. The number of carbonyl (C=O) groups excluding carboxylic acids is 1. The molecule has 3 heteroatoms. The van der Waals surface area contributed by atoms with Crippen molar-refractivity contribution in [2.75, 3.05) is 0 Å². The Bertz CT molecular complexity index is 314. The van der Waals surface area contributed by atoms with E-state index in [-0.39, 0.29) is 0 Å². The van der Waals surface area contributed by atoms with Crippen LogP contribution >= 0.6 is 11.6 Å². The number of rotatable bonds is 3. The summed E-state index contributed by atoms with van der Waals surface area (Å²) in [5.74, 6) is 0.809. The van der Waals surface area contributed by atoms with E-state index in [1.54, 1.807) is 24.3 Å². The Morgan fingerprint density at radius 1 is 1.31 bits per heavy atom. The summed E-state index contributed by atoms with van der Waals surface area (Å²) in [7, 11) is 0. The van der Waals surface area contributed by atoms with Crippen LogP contribution in [-0.2, 0) is 0 Å². The van der Waals surface area contributed by atoms with E-state index in [9.17, 15) is 4.79 Å². The largest absolute Gasteiger partial charge is 0.490 e. The van der Waals surface area contributed by atoms with Crippen LogP contribution in [0.25, 0.3) is 0 Å². The van der Waals surface area contributed by atoms with Crippen LogP contribution in [0.3, 0.4) is 0 Å². The van der Waals surface area contributed by atoms with Gasteiger partial charge >= 0.3 is 0 Å². The molecule has 1 fully saturated rings. The Hall–Kier alpha value is -1.02. The van der Waals surface area contributed by atoms with E-state index in [1.807, 2.05) is 0 Å². The quantitative estimate of drug-likeness (QED) is 0.695. The molecule has 0 heterocycles. The smallest absolute Gasteiger partial charge is 0.252 e. The number of hydrogen-bond acceptors (Lipinski definition) is 2. The van der Waals surface area contributed by atoms with Crippen molar-refractivity contribution in [2.24, 2.45) is 0 Å². The second-order valence-corrected chi connectivity index (χ2v) is 3.46. The lowest BCUT2D eigenvalue weighted by Gasteiger charge is -2.03. The SMILES string of the molecule is O=C(Cl)c1ccc(OC2CC2)cc1. The first-order chi connectivity index (χ1) is 6.25. The zero-order chi connectivity index (χ0) is 9.26. The number of ether oxygens (including phenoxy) is 1. The summed E-state index contributed by atoms with van der Waals surface area (Å²) in [4.78, 5) is 10.7. The molecule has 2 rings (SSSR count). The van der Waals surface area contributed by atoms with Crippen LogP contribution in [0.2, 0.25) is 0 Å². The molecule has 13 heavy (non-hydrogen) atoms. The fourth-order valence-corrected chi connectivity index (χ4v) is 1.17. The third-order valence-corrected chi connectivity index (χ3v) is 2.13. The second kappa shape index (κ2) is 3.38. The molecule has 0 N–H and O–H groups in total. The van der Waals surface area contributed by atoms with Gasteiger partial charge in [0.15, 0.2) is 0 Å². The minimum atomic E-state index is -0.432. The van der Waals surface area contributed by atoms with Crippen molar-refractivity contribution in [2.45, 2.75) is 18.9 Å². The van der Waals surface area contributed by atoms with Gasteiger partial charge in [-0.05, 0) is 48.7 Å².